The number of nitrogens with one attached hydrogen (secondary N) is 2. The van der Waals surface area contributed by atoms with Crippen molar-refractivity contribution in [2.24, 2.45) is 0 Å². The van der Waals surface area contributed by atoms with Gasteiger partial charge < -0.3 is 14.6 Å². The Morgan fingerprint density at radius 3 is 2.82 bits per heavy atom. The average molecular weight is 305 g/mol. The molecule has 114 valence electrons. The Bertz CT molecular complexity index is 700. The highest BCUT2D eigenvalue weighted by Gasteiger charge is 2.22. The molecule has 0 radical (unpaired) electrons. The van der Waals surface area contributed by atoms with Crippen LogP contribution in [-0.2, 0) is 4.79 Å². The maximum Gasteiger partial charge on any atom is 0.326 e. The number of halogens is 1. The number of hydrogen-bond donors (Lipinski definition) is 2. The first-order valence-corrected chi connectivity index (χ1v) is 6.54. The second-order valence-electron chi connectivity index (χ2n) is 4.62. The first-order chi connectivity index (χ1) is 10.6. The first kappa shape index (κ1) is 14.0. The molecule has 3 rings (SSSR count). The molecular weight excluding hydrogens is 293 g/mol. The summed E-state index contributed by atoms with van der Waals surface area (Å²) in [4.78, 5) is 24.5. The molecule has 0 bridgehead atoms. The lowest BCUT2D eigenvalue weighted by Crippen LogP contribution is -2.51. The Hall–Kier alpha value is -2.97. The molecule has 0 unspecified atom stereocenters. The number of hydrogen-bond acceptors (Lipinski definition) is 5. The van der Waals surface area contributed by atoms with Gasteiger partial charge in [-0.1, -0.05) is 5.10 Å². The summed E-state index contributed by atoms with van der Waals surface area (Å²) in [6, 6.07) is 4.93. The molecule has 3 amide bonds. The molecule has 1 aliphatic rings. The lowest BCUT2D eigenvalue weighted by atomic mass is 10.2. The van der Waals surface area contributed by atoms with E-state index in [2.05, 4.69) is 20.8 Å². The topological polar surface area (TPSA) is 100 Å². The van der Waals surface area contributed by atoms with E-state index < -0.39 is 6.03 Å². The zero-order valence-corrected chi connectivity index (χ0v) is 11.4. The zero-order valence-electron chi connectivity index (χ0n) is 11.4. The summed E-state index contributed by atoms with van der Waals surface area (Å²) in [7, 11) is 0. The van der Waals surface area contributed by atoms with Gasteiger partial charge in [0.15, 0.2) is 0 Å². The second kappa shape index (κ2) is 5.80. The van der Waals surface area contributed by atoms with Gasteiger partial charge >= 0.3 is 12.0 Å². The SMILES string of the molecule is O=C1CN(C(=O)Nc2nnc(-c3ccc(F)cc3)o2)CCN1. The van der Waals surface area contributed by atoms with Crippen molar-refractivity contribution in [3.05, 3.63) is 30.1 Å². The number of aromatic nitrogens is 2. The van der Waals surface area contributed by atoms with E-state index in [1.165, 1.54) is 29.2 Å². The number of anilines is 1. The van der Waals surface area contributed by atoms with Gasteiger partial charge in [0.25, 0.3) is 0 Å². The molecule has 0 spiro atoms. The highest BCUT2D eigenvalue weighted by molar-refractivity contribution is 5.91. The van der Waals surface area contributed by atoms with Gasteiger partial charge in [0, 0.05) is 18.7 Å². The number of piperazine rings is 1. The van der Waals surface area contributed by atoms with Crippen LogP contribution in [0.2, 0.25) is 0 Å². The van der Waals surface area contributed by atoms with Crippen LogP contribution in [0.25, 0.3) is 11.5 Å². The third kappa shape index (κ3) is 3.03. The average Bonchev–Trinajstić information content (AvgIpc) is 2.96. The lowest BCUT2D eigenvalue weighted by Gasteiger charge is -2.25. The molecule has 2 heterocycles. The fraction of sp³-hybridized carbons (Fsp3) is 0.231. The van der Waals surface area contributed by atoms with Crippen molar-refractivity contribution >= 4 is 18.0 Å². The molecule has 22 heavy (non-hydrogen) atoms. The van der Waals surface area contributed by atoms with E-state index in [1.807, 2.05) is 0 Å². The van der Waals surface area contributed by atoms with Crippen molar-refractivity contribution in [2.45, 2.75) is 0 Å². The Balaban J connectivity index is 1.67. The summed E-state index contributed by atoms with van der Waals surface area (Å²) in [6.07, 6.45) is 0. The van der Waals surface area contributed by atoms with Crippen molar-refractivity contribution in [1.82, 2.24) is 20.4 Å². The maximum atomic E-state index is 12.9. The zero-order chi connectivity index (χ0) is 15.5. The van der Waals surface area contributed by atoms with E-state index in [9.17, 15) is 14.0 Å². The smallest absolute Gasteiger partial charge is 0.326 e. The first-order valence-electron chi connectivity index (χ1n) is 6.54. The Labute approximate surface area is 124 Å². The molecule has 9 heteroatoms. The standard InChI is InChI=1S/C13H12FN5O3/c14-9-3-1-8(2-4-9)11-17-18-12(22-11)16-13(21)19-6-5-15-10(20)7-19/h1-4H,5-7H2,(H,15,20)(H,16,18,21). The molecule has 1 aromatic heterocycles. The van der Waals surface area contributed by atoms with Crippen LogP contribution >= 0.6 is 0 Å². The Kier molecular flexibility index (Phi) is 3.69. The summed E-state index contributed by atoms with van der Waals surface area (Å²) in [5.74, 6) is -0.439. The molecule has 1 aliphatic heterocycles. The van der Waals surface area contributed by atoms with Crippen molar-refractivity contribution in [2.75, 3.05) is 25.0 Å². The van der Waals surface area contributed by atoms with Crippen LogP contribution in [0.5, 0.6) is 0 Å². The fourth-order valence-electron chi connectivity index (χ4n) is 1.97. The molecule has 0 aliphatic carbocycles. The number of nitrogens with zero attached hydrogens (tertiary/aromatic N) is 3. The summed E-state index contributed by atoms with van der Waals surface area (Å²) >= 11 is 0. The van der Waals surface area contributed by atoms with Crippen LogP contribution in [0.15, 0.2) is 28.7 Å². The number of carbonyl (C=O) groups excluding carboxylic acids is 2. The predicted molar refractivity (Wildman–Crippen MR) is 73.3 cm³/mol. The highest BCUT2D eigenvalue weighted by atomic mass is 19.1. The molecular formula is C13H12FN5O3. The van der Waals surface area contributed by atoms with Gasteiger partial charge in [-0.2, -0.15) is 0 Å². The van der Waals surface area contributed by atoms with E-state index in [4.69, 9.17) is 4.42 Å². The normalized spacial score (nSPS) is 14.6. The van der Waals surface area contributed by atoms with E-state index in [0.717, 1.165) is 0 Å². The van der Waals surface area contributed by atoms with Crippen LogP contribution in [0.3, 0.4) is 0 Å². The van der Waals surface area contributed by atoms with E-state index in [1.54, 1.807) is 0 Å². The fourth-order valence-corrected chi connectivity index (χ4v) is 1.97. The van der Waals surface area contributed by atoms with E-state index in [0.29, 0.717) is 18.7 Å². The van der Waals surface area contributed by atoms with Crippen molar-refractivity contribution in [3.8, 4) is 11.5 Å². The van der Waals surface area contributed by atoms with Gasteiger partial charge in [-0.3, -0.25) is 10.1 Å². The minimum Gasteiger partial charge on any atom is -0.403 e. The summed E-state index contributed by atoms with van der Waals surface area (Å²) < 4.78 is 18.1. The molecule has 1 fully saturated rings. The van der Waals surface area contributed by atoms with Crippen LogP contribution < -0.4 is 10.6 Å². The van der Waals surface area contributed by atoms with E-state index >= 15 is 0 Å². The molecule has 2 aromatic rings. The third-order valence-corrected chi connectivity index (χ3v) is 3.06. The van der Waals surface area contributed by atoms with Crippen molar-refractivity contribution in [1.29, 1.82) is 0 Å². The van der Waals surface area contributed by atoms with Gasteiger partial charge in [0.05, 0.1) is 0 Å². The number of amides is 3. The molecule has 2 N–H and O–H groups in total. The summed E-state index contributed by atoms with van der Waals surface area (Å²) in [6.45, 7) is 0.776. The molecule has 0 saturated carbocycles. The molecule has 8 nitrogen and oxygen atoms in total. The Morgan fingerprint density at radius 2 is 2.09 bits per heavy atom. The highest BCUT2D eigenvalue weighted by Crippen LogP contribution is 2.20. The largest absolute Gasteiger partial charge is 0.403 e. The molecule has 1 saturated heterocycles. The number of rotatable bonds is 2. The van der Waals surface area contributed by atoms with Crippen molar-refractivity contribution in [3.63, 3.8) is 0 Å². The second-order valence-corrected chi connectivity index (χ2v) is 4.62. The Morgan fingerprint density at radius 1 is 1.32 bits per heavy atom. The number of carbonyl (C=O) groups is 2. The molecule has 1 aromatic carbocycles. The number of urea groups is 1. The predicted octanol–water partition coefficient (Wildman–Crippen LogP) is 0.839. The minimum atomic E-state index is -0.496. The van der Waals surface area contributed by atoms with Gasteiger partial charge in [-0.25, -0.2) is 9.18 Å². The maximum absolute atomic E-state index is 12.9. The minimum absolute atomic E-state index is 0.0230. The third-order valence-electron chi connectivity index (χ3n) is 3.06. The van der Waals surface area contributed by atoms with E-state index in [-0.39, 0.29) is 30.2 Å². The van der Waals surface area contributed by atoms with Crippen molar-refractivity contribution < 1.29 is 18.4 Å². The van der Waals surface area contributed by atoms with Crippen LogP contribution in [-0.4, -0.2) is 46.7 Å². The molecule has 0 atom stereocenters. The van der Waals surface area contributed by atoms with Gasteiger partial charge in [0.1, 0.15) is 12.4 Å². The van der Waals surface area contributed by atoms with Crippen LogP contribution in [0, 0.1) is 5.82 Å². The van der Waals surface area contributed by atoms with Crippen LogP contribution in [0.4, 0.5) is 15.2 Å². The summed E-state index contributed by atoms with van der Waals surface area (Å²) in [5, 5.41) is 12.5. The lowest BCUT2D eigenvalue weighted by molar-refractivity contribution is -0.123. The van der Waals surface area contributed by atoms with Crippen LogP contribution in [0.1, 0.15) is 0 Å². The quantitative estimate of drug-likeness (QED) is 0.856. The van der Waals surface area contributed by atoms with Gasteiger partial charge in [-0.15, -0.1) is 5.10 Å². The van der Waals surface area contributed by atoms with Gasteiger partial charge in [0.2, 0.25) is 11.8 Å². The summed E-state index contributed by atoms with van der Waals surface area (Å²) in [5.41, 5.74) is 0.534. The number of benzene rings is 1. The monoisotopic (exact) mass is 305 g/mol. The van der Waals surface area contributed by atoms with Gasteiger partial charge in [-0.05, 0) is 24.3 Å².